The summed E-state index contributed by atoms with van der Waals surface area (Å²) in [5, 5.41) is 0. The van der Waals surface area contributed by atoms with Gasteiger partial charge in [-0.1, -0.05) is 0 Å². The van der Waals surface area contributed by atoms with Gasteiger partial charge in [0.25, 0.3) is 0 Å². The molecule has 2 atom stereocenters. The smallest absolute Gasteiger partial charge is 0.410 e. The van der Waals surface area contributed by atoms with Crippen LogP contribution >= 0.6 is 0 Å². The van der Waals surface area contributed by atoms with Gasteiger partial charge in [0, 0.05) is 26.2 Å². The maximum atomic E-state index is 12.6. The van der Waals surface area contributed by atoms with Crippen LogP contribution in [0.5, 0.6) is 0 Å². The zero-order valence-electron chi connectivity index (χ0n) is 19.6. The molecule has 0 aromatic carbocycles. The van der Waals surface area contributed by atoms with Crippen molar-refractivity contribution < 1.29 is 33.4 Å². The molecule has 2 aliphatic heterocycles. The SMILES string of the molecule is CC(C)(C)OC(=O)N1CCC[C@@H](C(=O)OC(=O)[C@@H]2CCCN(C(=O)OC(C)(C)C)C2)C1. The molecule has 2 saturated heterocycles. The molecular weight excluding hydrogens is 404 g/mol. The summed E-state index contributed by atoms with van der Waals surface area (Å²) >= 11 is 0. The lowest BCUT2D eigenvalue weighted by molar-refractivity contribution is -0.167. The summed E-state index contributed by atoms with van der Waals surface area (Å²) in [6.45, 7) is 12.0. The van der Waals surface area contributed by atoms with Gasteiger partial charge >= 0.3 is 24.1 Å². The predicted molar refractivity (Wildman–Crippen MR) is 112 cm³/mol. The van der Waals surface area contributed by atoms with Crippen molar-refractivity contribution in [2.45, 2.75) is 78.4 Å². The van der Waals surface area contributed by atoms with Crippen molar-refractivity contribution in [1.29, 1.82) is 0 Å². The molecule has 0 N–H and O–H groups in total. The Morgan fingerprint density at radius 3 is 1.35 bits per heavy atom. The molecule has 0 aliphatic carbocycles. The molecular formula is C22H36N2O7. The van der Waals surface area contributed by atoms with Crippen molar-refractivity contribution in [2.24, 2.45) is 11.8 Å². The standard InChI is InChI=1S/C22H36N2O7/c1-21(2,3)30-19(27)23-11-7-9-15(13-23)17(25)29-18(26)16-10-8-12-24(14-16)20(28)31-22(4,5)6/h15-16H,7-14H2,1-6H3/t15-,16-/m1/s1. The van der Waals surface area contributed by atoms with Crippen LogP contribution in [0.1, 0.15) is 67.2 Å². The van der Waals surface area contributed by atoms with E-state index in [1.165, 1.54) is 9.80 Å². The van der Waals surface area contributed by atoms with Gasteiger partial charge in [-0.15, -0.1) is 0 Å². The highest BCUT2D eigenvalue weighted by Crippen LogP contribution is 2.24. The molecule has 0 aromatic heterocycles. The van der Waals surface area contributed by atoms with Crippen molar-refractivity contribution in [2.75, 3.05) is 26.2 Å². The minimum absolute atomic E-state index is 0.162. The largest absolute Gasteiger partial charge is 0.444 e. The van der Waals surface area contributed by atoms with Crippen LogP contribution in [0.4, 0.5) is 9.59 Å². The molecule has 0 aromatic rings. The topological polar surface area (TPSA) is 102 Å². The van der Waals surface area contributed by atoms with E-state index in [1.54, 1.807) is 41.5 Å². The average molecular weight is 441 g/mol. The Labute approximate surface area is 184 Å². The highest BCUT2D eigenvalue weighted by molar-refractivity contribution is 5.88. The third-order valence-electron chi connectivity index (χ3n) is 5.01. The first-order valence-corrected chi connectivity index (χ1v) is 11.0. The fourth-order valence-corrected chi connectivity index (χ4v) is 3.59. The molecule has 9 heteroatoms. The van der Waals surface area contributed by atoms with Gasteiger partial charge in [-0.2, -0.15) is 0 Å². The van der Waals surface area contributed by atoms with E-state index in [4.69, 9.17) is 14.2 Å². The number of piperidine rings is 2. The normalized spacial score (nSPS) is 22.5. The first-order chi connectivity index (χ1) is 14.2. The van der Waals surface area contributed by atoms with Crippen molar-refractivity contribution in [3.05, 3.63) is 0 Å². The minimum atomic E-state index is -0.632. The quantitative estimate of drug-likeness (QED) is 0.368. The molecule has 2 rings (SSSR count). The van der Waals surface area contributed by atoms with E-state index in [0.29, 0.717) is 38.8 Å². The van der Waals surface area contributed by atoms with E-state index in [9.17, 15) is 19.2 Å². The molecule has 2 heterocycles. The summed E-state index contributed by atoms with van der Waals surface area (Å²) in [4.78, 5) is 52.7. The highest BCUT2D eigenvalue weighted by atomic mass is 16.6. The van der Waals surface area contributed by atoms with Crippen LogP contribution in [-0.2, 0) is 23.8 Å². The number of carbonyl (C=O) groups is 4. The zero-order chi connectivity index (χ0) is 23.4. The average Bonchev–Trinajstić information content (AvgIpc) is 2.65. The second-order valence-electron chi connectivity index (χ2n) is 10.3. The number of amides is 2. The number of nitrogens with zero attached hydrogens (tertiary/aromatic N) is 2. The Hall–Kier alpha value is -2.32. The lowest BCUT2D eigenvalue weighted by atomic mass is 9.97. The van der Waals surface area contributed by atoms with Gasteiger partial charge in [-0.25, -0.2) is 9.59 Å². The summed E-state index contributed by atoms with van der Waals surface area (Å²) in [5.41, 5.74) is -1.25. The summed E-state index contributed by atoms with van der Waals surface area (Å²) in [6, 6.07) is 0. The minimum Gasteiger partial charge on any atom is -0.444 e. The first kappa shape index (κ1) is 24.9. The summed E-state index contributed by atoms with van der Waals surface area (Å²) in [7, 11) is 0. The molecule has 0 bridgehead atoms. The van der Waals surface area contributed by atoms with Gasteiger partial charge in [0.2, 0.25) is 0 Å². The number of carbonyl (C=O) groups excluding carboxylic acids is 4. The van der Waals surface area contributed by atoms with E-state index in [1.807, 2.05) is 0 Å². The number of likely N-dealkylation sites (tertiary alicyclic amines) is 2. The molecule has 31 heavy (non-hydrogen) atoms. The van der Waals surface area contributed by atoms with E-state index < -0.39 is 47.2 Å². The zero-order valence-corrected chi connectivity index (χ0v) is 19.6. The van der Waals surface area contributed by atoms with Gasteiger partial charge in [0.15, 0.2) is 0 Å². The van der Waals surface area contributed by atoms with Crippen molar-refractivity contribution in [3.8, 4) is 0 Å². The number of esters is 2. The van der Waals surface area contributed by atoms with Gasteiger partial charge in [-0.05, 0) is 67.2 Å². The van der Waals surface area contributed by atoms with Gasteiger partial charge in [0.05, 0.1) is 11.8 Å². The van der Waals surface area contributed by atoms with E-state index in [2.05, 4.69) is 0 Å². The predicted octanol–water partition coefficient (Wildman–Crippen LogP) is 3.35. The Morgan fingerprint density at radius 2 is 1.03 bits per heavy atom. The van der Waals surface area contributed by atoms with Crippen LogP contribution in [0.2, 0.25) is 0 Å². The molecule has 0 radical (unpaired) electrons. The number of rotatable bonds is 2. The van der Waals surface area contributed by atoms with Gasteiger partial charge in [-0.3, -0.25) is 9.59 Å². The van der Waals surface area contributed by atoms with E-state index in [-0.39, 0.29) is 13.1 Å². The van der Waals surface area contributed by atoms with Crippen molar-refractivity contribution in [3.63, 3.8) is 0 Å². The van der Waals surface area contributed by atoms with Gasteiger partial charge in [0.1, 0.15) is 11.2 Å². The number of hydrogen-bond acceptors (Lipinski definition) is 7. The molecule has 9 nitrogen and oxygen atoms in total. The molecule has 0 spiro atoms. The highest BCUT2D eigenvalue weighted by Gasteiger charge is 2.36. The van der Waals surface area contributed by atoms with Crippen LogP contribution < -0.4 is 0 Å². The Morgan fingerprint density at radius 1 is 0.677 bits per heavy atom. The maximum absolute atomic E-state index is 12.6. The summed E-state index contributed by atoms with van der Waals surface area (Å²) < 4.78 is 15.9. The summed E-state index contributed by atoms with van der Waals surface area (Å²) in [6.07, 6.45) is 1.39. The van der Waals surface area contributed by atoms with Crippen LogP contribution in [0.15, 0.2) is 0 Å². The Kier molecular flexibility index (Phi) is 7.94. The Balaban J connectivity index is 1.89. The van der Waals surface area contributed by atoms with E-state index in [0.717, 1.165) is 0 Å². The Bertz CT molecular complexity index is 635. The molecule has 0 unspecified atom stereocenters. The molecule has 176 valence electrons. The maximum Gasteiger partial charge on any atom is 0.410 e. The second-order valence-corrected chi connectivity index (χ2v) is 10.3. The van der Waals surface area contributed by atoms with Crippen LogP contribution in [0, 0.1) is 11.8 Å². The van der Waals surface area contributed by atoms with Crippen LogP contribution in [0.25, 0.3) is 0 Å². The fourth-order valence-electron chi connectivity index (χ4n) is 3.59. The summed E-state index contributed by atoms with van der Waals surface area (Å²) in [5.74, 6) is -2.41. The third-order valence-corrected chi connectivity index (χ3v) is 5.01. The first-order valence-electron chi connectivity index (χ1n) is 11.0. The lowest BCUT2D eigenvalue weighted by Gasteiger charge is -2.34. The fraction of sp³-hybridized carbons (Fsp3) is 0.818. The van der Waals surface area contributed by atoms with Gasteiger partial charge < -0.3 is 24.0 Å². The monoisotopic (exact) mass is 440 g/mol. The van der Waals surface area contributed by atoms with E-state index >= 15 is 0 Å². The van der Waals surface area contributed by atoms with Crippen LogP contribution in [-0.4, -0.2) is 71.3 Å². The number of hydrogen-bond donors (Lipinski definition) is 0. The third kappa shape index (κ3) is 8.03. The molecule has 2 fully saturated rings. The molecule has 2 aliphatic rings. The molecule has 2 amide bonds. The lowest BCUT2D eigenvalue weighted by Crippen LogP contribution is -2.47. The second kappa shape index (κ2) is 9.87. The van der Waals surface area contributed by atoms with Crippen LogP contribution in [0.3, 0.4) is 0 Å². The van der Waals surface area contributed by atoms with Crippen molar-refractivity contribution in [1.82, 2.24) is 9.80 Å². The molecule has 0 saturated carbocycles. The number of ether oxygens (including phenoxy) is 3. The van der Waals surface area contributed by atoms with Crippen molar-refractivity contribution >= 4 is 24.1 Å².